The normalized spacial score (nSPS) is 20.4. The molecule has 2 rings (SSSR count). The third-order valence-corrected chi connectivity index (χ3v) is 4.32. The summed E-state index contributed by atoms with van der Waals surface area (Å²) in [7, 11) is 0. The van der Waals surface area contributed by atoms with E-state index in [0.29, 0.717) is 10.9 Å². The maximum atomic E-state index is 9.61. The first-order valence-electron chi connectivity index (χ1n) is 6.89. The van der Waals surface area contributed by atoms with Gasteiger partial charge in [-0.25, -0.2) is 0 Å². The molecule has 19 heavy (non-hydrogen) atoms. The summed E-state index contributed by atoms with van der Waals surface area (Å²) in [5.41, 5.74) is 1.86. The van der Waals surface area contributed by atoms with E-state index in [1.165, 1.54) is 0 Å². The van der Waals surface area contributed by atoms with Crippen LogP contribution in [0, 0.1) is 5.92 Å². The van der Waals surface area contributed by atoms with Crippen LogP contribution < -0.4 is 4.90 Å². The van der Waals surface area contributed by atoms with Gasteiger partial charge in [0.05, 0.1) is 22.9 Å². The van der Waals surface area contributed by atoms with Crippen molar-refractivity contribution in [3.8, 4) is 0 Å². The minimum absolute atomic E-state index is 0.227. The number of benzene rings is 1. The lowest BCUT2D eigenvalue weighted by molar-refractivity contribution is 0.110. The molecule has 1 aromatic carbocycles. The zero-order chi connectivity index (χ0) is 14.0. The monoisotopic (exact) mass is 283 g/mol. The molecule has 3 nitrogen and oxygen atoms in total. The molecule has 106 valence electrons. The minimum Gasteiger partial charge on any atom is -0.393 e. The Bertz CT molecular complexity index is 426. The van der Waals surface area contributed by atoms with E-state index in [9.17, 15) is 10.2 Å². The predicted octanol–water partition coefficient (Wildman–Crippen LogP) is 2.99. The summed E-state index contributed by atoms with van der Waals surface area (Å²) in [6.45, 7) is 5.44. The molecule has 1 fully saturated rings. The van der Waals surface area contributed by atoms with Gasteiger partial charge in [0.2, 0.25) is 0 Å². The lowest BCUT2D eigenvalue weighted by Gasteiger charge is -2.35. The summed E-state index contributed by atoms with van der Waals surface area (Å²) >= 11 is 6.30. The van der Waals surface area contributed by atoms with Crippen molar-refractivity contribution in [3.05, 3.63) is 28.8 Å². The highest BCUT2D eigenvalue weighted by Crippen LogP contribution is 2.32. The number of hydrogen-bond donors (Lipinski definition) is 2. The number of piperidine rings is 1. The zero-order valence-corrected chi connectivity index (χ0v) is 12.3. The van der Waals surface area contributed by atoms with Gasteiger partial charge in [-0.15, -0.1) is 0 Å². The number of aliphatic hydroxyl groups is 2. The van der Waals surface area contributed by atoms with Crippen LogP contribution in [0.3, 0.4) is 0 Å². The molecule has 1 aliphatic heterocycles. The molecule has 1 unspecified atom stereocenters. The summed E-state index contributed by atoms with van der Waals surface area (Å²) in [5, 5.41) is 19.8. The molecular formula is C15H22ClNO2. The third-order valence-electron chi connectivity index (χ3n) is 4.02. The summed E-state index contributed by atoms with van der Waals surface area (Å²) in [5.74, 6) is 0.395. The van der Waals surface area contributed by atoms with E-state index in [-0.39, 0.29) is 6.10 Å². The smallest absolute Gasteiger partial charge is 0.0762 e. The van der Waals surface area contributed by atoms with Crippen molar-refractivity contribution in [2.24, 2.45) is 5.92 Å². The highest BCUT2D eigenvalue weighted by molar-refractivity contribution is 6.33. The standard InChI is InChI=1S/C15H22ClNO2/c1-10(18)12-5-7-17(8-6-12)15-4-3-13(11(2)19)9-14(15)16/h3-4,9-12,18-19H,5-8H2,1-2H3/t10?,11-/m0/s1. The SMILES string of the molecule is CC(O)C1CCN(c2ccc([C@H](C)O)cc2Cl)CC1. The zero-order valence-electron chi connectivity index (χ0n) is 11.5. The summed E-state index contributed by atoms with van der Waals surface area (Å²) in [6.07, 6.45) is 1.26. The fourth-order valence-corrected chi connectivity index (χ4v) is 2.97. The molecule has 0 bridgehead atoms. The lowest BCUT2D eigenvalue weighted by atomic mass is 9.92. The van der Waals surface area contributed by atoms with Gasteiger partial charge in [-0.05, 0) is 50.3 Å². The first-order valence-corrected chi connectivity index (χ1v) is 7.27. The molecule has 0 aliphatic carbocycles. The van der Waals surface area contributed by atoms with E-state index in [0.717, 1.165) is 37.2 Å². The average molecular weight is 284 g/mol. The quantitative estimate of drug-likeness (QED) is 0.896. The fourth-order valence-electron chi connectivity index (χ4n) is 2.66. The van der Waals surface area contributed by atoms with Crippen molar-refractivity contribution >= 4 is 17.3 Å². The number of anilines is 1. The molecule has 1 heterocycles. The first-order chi connectivity index (χ1) is 8.99. The number of aliphatic hydroxyl groups excluding tert-OH is 2. The van der Waals surface area contributed by atoms with Gasteiger partial charge in [0.1, 0.15) is 0 Å². The Labute approximate surface area is 119 Å². The first kappa shape index (κ1) is 14.6. The summed E-state index contributed by atoms with van der Waals surface area (Å²) < 4.78 is 0. The highest BCUT2D eigenvalue weighted by atomic mass is 35.5. The molecule has 2 atom stereocenters. The Balaban J connectivity index is 2.07. The molecule has 0 saturated carbocycles. The fraction of sp³-hybridized carbons (Fsp3) is 0.600. The largest absolute Gasteiger partial charge is 0.393 e. The van der Waals surface area contributed by atoms with Crippen LogP contribution in [-0.2, 0) is 0 Å². The average Bonchev–Trinajstić information content (AvgIpc) is 2.38. The van der Waals surface area contributed by atoms with Crippen molar-refractivity contribution in [2.45, 2.75) is 38.9 Å². The van der Waals surface area contributed by atoms with Crippen LogP contribution in [0.5, 0.6) is 0 Å². The molecule has 0 aromatic heterocycles. The van der Waals surface area contributed by atoms with Gasteiger partial charge in [0.15, 0.2) is 0 Å². The number of rotatable bonds is 3. The van der Waals surface area contributed by atoms with Crippen molar-refractivity contribution in [1.82, 2.24) is 0 Å². The molecule has 0 amide bonds. The Morgan fingerprint density at radius 1 is 1.21 bits per heavy atom. The molecule has 1 aliphatic rings. The Morgan fingerprint density at radius 3 is 2.32 bits per heavy atom. The number of nitrogens with zero attached hydrogens (tertiary/aromatic N) is 1. The van der Waals surface area contributed by atoms with E-state index in [4.69, 9.17) is 11.6 Å². The van der Waals surface area contributed by atoms with Crippen LogP contribution >= 0.6 is 11.6 Å². The molecule has 1 aromatic rings. The molecular weight excluding hydrogens is 262 g/mol. The number of halogens is 1. The van der Waals surface area contributed by atoms with Crippen LogP contribution in [0.1, 0.15) is 38.4 Å². The molecule has 2 N–H and O–H groups in total. The predicted molar refractivity (Wildman–Crippen MR) is 78.7 cm³/mol. The van der Waals surface area contributed by atoms with E-state index in [2.05, 4.69) is 4.90 Å². The van der Waals surface area contributed by atoms with Gasteiger partial charge in [0, 0.05) is 13.1 Å². The van der Waals surface area contributed by atoms with Gasteiger partial charge in [-0.3, -0.25) is 0 Å². The third kappa shape index (κ3) is 3.41. The van der Waals surface area contributed by atoms with Crippen molar-refractivity contribution in [3.63, 3.8) is 0 Å². The summed E-state index contributed by atoms with van der Waals surface area (Å²) in [4.78, 5) is 2.26. The maximum Gasteiger partial charge on any atom is 0.0762 e. The second kappa shape index (κ2) is 6.12. The van der Waals surface area contributed by atoms with Gasteiger partial charge in [-0.1, -0.05) is 17.7 Å². The molecule has 0 spiro atoms. The van der Waals surface area contributed by atoms with Crippen LogP contribution in [-0.4, -0.2) is 29.4 Å². The highest BCUT2D eigenvalue weighted by Gasteiger charge is 2.23. The second-order valence-electron chi connectivity index (χ2n) is 5.45. The number of hydrogen-bond acceptors (Lipinski definition) is 3. The van der Waals surface area contributed by atoms with Gasteiger partial charge >= 0.3 is 0 Å². The van der Waals surface area contributed by atoms with Gasteiger partial charge < -0.3 is 15.1 Å². The van der Waals surface area contributed by atoms with Crippen LogP contribution in [0.2, 0.25) is 5.02 Å². The van der Waals surface area contributed by atoms with Crippen LogP contribution in [0.4, 0.5) is 5.69 Å². The molecule has 1 saturated heterocycles. The van der Waals surface area contributed by atoms with Crippen molar-refractivity contribution in [1.29, 1.82) is 0 Å². The van der Waals surface area contributed by atoms with Crippen LogP contribution in [0.15, 0.2) is 18.2 Å². The molecule has 0 radical (unpaired) electrons. The van der Waals surface area contributed by atoms with Crippen molar-refractivity contribution in [2.75, 3.05) is 18.0 Å². The van der Waals surface area contributed by atoms with Crippen molar-refractivity contribution < 1.29 is 10.2 Å². The van der Waals surface area contributed by atoms with Gasteiger partial charge in [0.25, 0.3) is 0 Å². The Morgan fingerprint density at radius 2 is 1.84 bits per heavy atom. The topological polar surface area (TPSA) is 43.7 Å². The van der Waals surface area contributed by atoms with E-state index in [1.54, 1.807) is 6.92 Å². The Hall–Kier alpha value is -0.770. The second-order valence-corrected chi connectivity index (χ2v) is 5.86. The van der Waals surface area contributed by atoms with Crippen LogP contribution in [0.25, 0.3) is 0 Å². The lowest BCUT2D eigenvalue weighted by Crippen LogP contribution is -2.37. The summed E-state index contributed by atoms with van der Waals surface area (Å²) in [6, 6.07) is 5.74. The maximum absolute atomic E-state index is 9.61. The molecule has 4 heteroatoms. The van der Waals surface area contributed by atoms with E-state index in [1.807, 2.05) is 25.1 Å². The Kier molecular flexibility index (Phi) is 4.71. The van der Waals surface area contributed by atoms with E-state index < -0.39 is 6.10 Å². The van der Waals surface area contributed by atoms with E-state index >= 15 is 0 Å². The minimum atomic E-state index is -0.493. The van der Waals surface area contributed by atoms with Gasteiger partial charge in [-0.2, -0.15) is 0 Å².